The molecule has 1 aliphatic rings. The molecule has 1 saturated heterocycles. The van der Waals surface area contributed by atoms with Crippen molar-refractivity contribution in [2.75, 3.05) is 30.4 Å². The van der Waals surface area contributed by atoms with E-state index in [4.69, 9.17) is 17.0 Å². The Labute approximate surface area is 166 Å². The summed E-state index contributed by atoms with van der Waals surface area (Å²) in [5.74, 6) is -0.487. The third-order valence-corrected chi connectivity index (χ3v) is 4.53. The van der Waals surface area contributed by atoms with Crippen molar-refractivity contribution in [3.8, 4) is 5.88 Å². The quantitative estimate of drug-likeness (QED) is 0.729. The van der Waals surface area contributed by atoms with Crippen molar-refractivity contribution in [1.29, 1.82) is 0 Å². The van der Waals surface area contributed by atoms with Gasteiger partial charge in [-0.15, -0.1) is 0 Å². The average molecular weight is 411 g/mol. The minimum absolute atomic E-state index is 0.116. The first-order chi connectivity index (χ1) is 13.3. The number of alkyl halides is 3. The first-order valence-electron chi connectivity index (χ1n) is 8.74. The van der Waals surface area contributed by atoms with Crippen LogP contribution in [0.15, 0.2) is 30.3 Å². The highest BCUT2D eigenvalue weighted by Gasteiger charge is 2.34. The van der Waals surface area contributed by atoms with Crippen LogP contribution >= 0.6 is 12.2 Å². The molecule has 1 aromatic heterocycles. The van der Waals surface area contributed by atoms with Crippen LogP contribution in [0.5, 0.6) is 5.88 Å². The molecule has 0 bridgehead atoms. The topological polar surface area (TPSA) is 62.3 Å². The number of hydrogen-bond acceptors (Lipinski definition) is 5. The van der Waals surface area contributed by atoms with E-state index in [1.807, 2.05) is 12.1 Å². The maximum absolute atomic E-state index is 12.9. The van der Waals surface area contributed by atoms with Crippen LogP contribution < -0.4 is 20.3 Å². The maximum atomic E-state index is 12.9. The highest BCUT2D eigenvalue weighted by molar-refractivity contribution is 7.80. The van der Waals surface area contributed by atoms with E-state index in [1.54, 1.807) is 0 Å². The molecule has 1 aromatic carbocycles. The normalized spacial score (nSPS) is 14.1. The van der Waals surface area contributed by atoms with Crippen molar-refractivity contribution in [3.05, 3.63) is 41.6 Å². The number of nitrogens with zero attached hydrogens (tertiary/aromatic N) is 3. The summed E-state index contributed by atoms with van der Waals surface area (Å²) in [5, 5.41) is 5.62. The molecule has 0 saturated carbocycles. The molecule has 0 spiro atoms. The molecule has 2 aromatic rings. The fourth-order valence-electron chi connectivity index (χ4n) is 2.86. The molecule has 0 unspecified atom stereocenters. The lowest BCUT2D eigenvalue weighted by molar-refractivity contribution is -0.141. The molecule has 150 valence electrons. The lowest BCUT2D eigenvalue weighted by atomic mass is 10.2. The molecule has 0 aliphatic carbocycles. The van der Waals surface area contributed by atoms with Crippen LogP contribution in [0.4, 0.5) is 24.8 Å². The number of methoxy groups -OCH3 is 1. The van der Waals surface area contributed by atoms with Crippen molar-refractivity contribution in [1.82, 2.24) is 15.3 Å². The number of rotatable bonds is 5. The highest BCUT2D eigenvalue weighted by atomic mass is 32.1. The van der Waals surface area contributed by atoms with Crippen molar-refractivity contribution in [2.24, 2.45) is 0 Å². The van der Waals surface area contributed by atoms with Crippen LogP contribution in [0.2, 0.25) is 0 Å². The Morgan fingerprint density at radius 3 is 2.46 bits per heavy atom. The lowest BCUT2D eigenvalue weighted by Gasteiger charge is -2.18. The molecule has 0 radical (unpaired) electrons. The van der Waals surface area contributed by atoms with Gasteiger partial charge in [0.15, 0.2) is 10.8 Å². The van der Waals surface area contributed by atoms with Crippen molar-refractivity contribution < 1.29 is 17.9 Å². The van der Waals surface area contributed by atoms with Gasteiger partial charge < -0.3 is 20.3 Å². The van der Waals surface area contributed by atoms with E-state index in [1.165, 1.54) is 25.6 Å². The molecule has 1 aliphatic heterocycles. The molecule has 0 amide bonds. The fraction of sp³-hybridized carbons (Fsp3) is 0.389. The van der Waals surface area contributed by atoms with Crippen molar-refractivity contribution in [3.63, 3.8) is 0 Å². The smallest absolute Gasteiger partial charge is 0.433 e. The van der Waals surface area contributed by atoms with Gasteiger partial charge in [0.05, 0.1) is 7.11 Å². The summed E-state index contributed by atoms with van der Waals surface area (Å²) in [6, 6.07) is 8.82. The minimum atomic E-state index is -4.61. The summed E-state index contributed by atoms with van der Waals surface area (Å²) in [6.45, 7) is 2.57. The zero-order valence-corrected chi connectivity index (χ0v) is 16.0. The van der Waals surface area contributed by atoms with Gasteiger partial charge in [-0.25, -0.2) is 4.98 Å². The van der Waals surface area contributed by atoms with Gasteiger partial charge in [-0.05, 0) is 42.8 Å². The van der Waals surface area contributed by atoms with E-state index >= 15 is 0 Å². The van der Waals surface area contributed by atoms with Gasteiger partial charge in [0.2, 0.25) is 11.8 Å². The molecular weight excluding hydrogens is 391 g/mol. The number of ether oxygens (including phenoxy) is 1. The van der Waals surface area contributed by atoms with E-state index < -0.39 is 11.9 Å². The van der Waals surface area contributed by atoms with Crippen molar-refractivity contribution >= 4 is 29.0 Å². The molecule has 6 nitrogen and oxygen atoms in total. The molecule has 0 atom stereocenters. The van der Waals surface area contributed by atoms with Crippen LogP contribution in [-0.4, -0.2) is 35.3 Å². The van der Waals surface area contributed by atoms with E-state index in [-0.39, 0.29) is 16.9 Å². The fourth-order valence-corrected chi connectivity index (χ4v) is 3.02. The number of hydrogen-bond donors (Lipinski definition) is 2. The van der Waals surface area contributed by atoms with Gasteiger partial charge in [0, 0.05) is 31.4 Å². The molecular formula is C18H20F3N5OS. The third kappa shape index (κ3) is 5.22. The second-order valence-electron chi connectivity index (χ2n) is 6.29. The Morgan fingerprint density at radius 2 is 1.86 bits per heavy atom. The standard InChI is InChI=1S/C18H20F3N5OS/c1-27-15-10-14(18(19,20)21)23-16(24-15)25-17(28)22-11-12-4-6-13(7-5-12)26-8-2-3-9-26/h4-7,10H,2-3,8-9,11H2,1H3,(H2,22,23,24,25,28). The van der Waals surface area contributed by atoms with E-state index in [2.05, 4.69) is 37.6 Å². The van der Waals surface area contributed by atoms with Crippen LogP contribution in [0.1, 0.15) is 24.1 Å². The predicted molar refractivity (Wildman–Crippen MR) is 105 cm³/mol. The van der Waals surface area contributed by atoms with E-state index in [0.717, 1.165) is 24.7 Å². The molecule has 1 fully saturated rings. The number of halogens is 3. The summed E-state index contributed by atoms with van der Waals surface area (Å²) < 4.78 is 43.5. The monoisotopic (exact) mass is 411 g/mol. The van der Waals surface area contributed by atoms with Crippen LogP contribution in [0, 0.1) is 0 Å². The minimum Gasteiger partial charge on any atom is -0.481 e. The second-order valence-corrected chi connectivity index (χ2v) is 6.69. The maximum Gasteiger partial charge on any atom is 0.433 e. The summed E-state index contributed by atoms with van der Waals surface area (Å²) in [4.78, 5) is 9.62. The molecule has 2 N–H and O–H groups in total. The number of nitrogens with one attached hydrogen (secondary N) is 2. The summed E-state index contributed by atoms with van der Waals surface area (Å²) >= 11 is 5.13. The largest absolute Gasteiger partial charge is 0.481 e. The van der Waals surface area contributed by atoms with Gasteiger partial charge in [0.25, 0.3) is 0 Å². The van der Waals surface area contributed by atoms with Crippen molar-refractivity contribution in [2.45, 2.75) is 25.6 Å². The zero-order chi connectivity index (χ0) is 20.1. The highest BCUT2D eigenvalue weighted by Crippen LogP contribution is 2.30. The Balaban J connectivity index is 1.58. The van der Waals surface area contributed by atoms with Gasteiger partial charge in [-0.2, -0.15) is 18.2 Å². The average Bonchev–Trinajstić information content (AvgIpc) is 3.20. The Kier molecular flexibility index (Phi) is 6.18. The van der Waals surface area contributed by atoms with Gasteiger partial charge in [-0.3, -0.25) is 0 Å². The Morgan fingerprint density at radius 1 is 1.18 bits per heavy atom. The molecule has 10 heteroatoms. The first kappa shape index (κ1) is 20.1. The predicted octanol–water partition coefficient (Wildman–Crippen LogP) is 3.59. The van der Waals surface area contributed by atoms with Gasteiger partial charge in [0.1, 0.15) is 0 Å². The Hall–Kier alpha value is -2.62. The Bertz CT molecular complexity index is 823. The van der Waals surface area contributed by atoms with E-state index in [9.17, 15) is 13.2 Å². The van der Waals surface area contributed by atoms with Gasteiger partial charge in [-0.1, -0.05) is 12.1 Å². The first-order valence-corrected chi connectivity index (χ1v) is 9.15. The number of aromatic nitrogens is 2. The third-order valence-electron chi connectivity index (χ3n) is 4.29. The second kappa shape index (κ2) is 8.59. The SMILES string of the molecule is COc1cc(C(F)(F)F)nc(NC(=S)NCc2ccc(N3CCCC3)cc2)n1. The summed E-state index contributed by atoms with van der Waals surface area (Å²) in [7, 11) is 1.23. The van der Waals surface area contributed by atoms with Crippen LogP contribution in [-0.2, 0) is 12.7 Å². The molecule has 28 heavy (non-hydrogen) atoms. The zero-order valence-electron chi connectivity index (χ0n) is 15.2. The number of thiocarbonyl (C=S) groups is 1. The summed E-state index contributed by atoms with van der Waals surface area (Å²) in [5.41, 5.74) is 1.07. The number of anilines is 2. The molecule has 3 rings (SSSR count). The van der Waals surface area contributed by atoms with E-state index in [0.29, 0.717) is 6.54 Å². The van der Waals surface area contributed by atoms with Crippen LogP contribution in [0.3, 0.4) is 0 Å². The van der Waals surface area contributed by atoms with Crippen LogP contribution in [0.25, 0.3) is 0 Å². The van der Waals surface area contributed by atoms with Gasteiger partial charge >= 0.3 is 6.18 Å². The summed E-state index contributed by atoms with van der Waals surface area (Å²) in [6.07, 6.45) is -2.18. The lowest BCUT2D eigenvalue weighted by Crippen LogP contribution is -2.29. The molecule has 2 heterocycles. The number of benzene rings is 1.